The number of aromatic nitrogens is 4. The fourth-order valence-electron chi connectivity index (χ4n) is 4.66. The second-order valence-electron chi connectivity index (χ2n) is 8.78. The second-order valence-corrected chi connectivity index (χ2v) is 11.9. The third-order valence-corrected chi connectivity index (χ3v) is 9.65. The topological polar surface area (TPSA) is 51.6 Å². The van der Waals surface area contributed by atoms with Gasteiger partial charge in [0.15, 0.2) is 0 Å². The van der Waals surface area contributed by atoms with Crippen LogP contribution in [0.5, 0.6) is 0 Å². The molecule has 0 unspecified atom stereocenters. The average molecular weight is 588 g/mol. The number of rotatable bonds is 4. The molecule has 174 valence electrons. The van der Waals surface area contributed by atoms with Gasteiger partial charge in [0.25, 0.3) is 0 Å². The molecule has 4 nitrogen and oxygen atoms in total. The standard InChI is InChI=1S/C32H20N4Te/c1-3-10-21(11-4-1)30-34-31(22-12-5-2-6-13-22)36-32(35-30)24-18-23(19-33-20-24)25-15-9-17-28-29(25)26-14-7-8-16-27(26)37-28/h1-20H. The molecule has 0 spiro atoms. The minimum absolute atomic E-state index is 0.379. The molecule has 3 heterocycles. The number of hydrogen-bond donors (Lipinski definition) is 0. The molecule has 0 N–H and O–H groups in total. The van der Waals surface area contributed by atoms with Crippen LogP contribution >= 0.6 is 0 Å². The molecule has 0 aliphatic heterocycles. The van der Waals surface area contributed by atoms with Crippen molar-refractivity contribution in [3.8, 4) is 45.3 Å². The molecule has 5 heteroatoms. The Morgan fingerprint density at radius 2 is 1.03 bits per heavy atom. The van der Waals surface area contributed by atoms with Gasteiger partial charge >= 0.3 is 213 Å². The van der Waals surface area contributed by atoms with Crippen molar-refractivity contribution in [3.05, 3.63) is 122 Å². The Balaban J connectivity index is 1.41. The van der Waals surface area contributed by atoms with Crippen molar-refractivity contribution in [3.63, 3.8) is 0 Å². The summed E-state index contributed by atoms with van der Waals surface area (Å²) >= 11 is -0.379. The van der Waals surface area contributed by atoms with E-state index in [2.05, 4.69) is 53.5 Å². The van der Waals surface area contributed by atoms with Crippen LogP contribution in [0.3, 0.4) is 0 Å². The van der Waals surface area contributed by atoms with Crippen LogP contribution in [0.15, 0.2) is 122 Å². The van der Waals surface area contributed by atoms with E-state index in [9.17, 15) is 0 Å². The van der Waals surface area contributed by atoms with Crippen molar-refractivity contribution in [2.24, 2.45) is 0 Å². The summed E-state index contributed by atoms with van der Waals surface area (Å²) in [6.07, 6.45) is 3.78. The van der Waals surface area contributed by atoms with Gasteiger partial charge in [0.05, 0.1) is 0 Å². The Morgan fingerprint density at radius 3 is 1.73 bits per heavy atom. The van der Waals surface area contributed by atoms with Crippen molar-refractivity contribution >= 4 is 38.0 Å². The molecule has 37 heavy (non-hydrogen) atoms. The van der Waals surface area contributed by atoms with Crippen molar-refractivity contribution in [1.82, 2.24) is 19.9 Å². The Kier molecular flexibility index (Phi) is 5.58. The van der Waals surface area contributed by atoms with Crippen LogP contribution in [-0.4, -0.2) is 40.4 Å². The van der Waals surface area contributed by atoms with E-state index in [1.165, 1.54) is 23.1 Å². The zero-order valence-electron chi connectivity index (χ0n) is 19.7. The minimum atomic E-state index is -0.379. The van der Waals surface area contributed by atoms with Gasteiger partial charge in [-0.15, -0.1) is 0 Å². The molecular formula is C32H20N4Te. The zero-order valence-corrected chi connectivity index (χ0v) is 22.1. The molecule has 4 aromatic carbocycles. The first-order valence-corrected chi connectivity index (χ1v) is 14.4. The van der Waals surface area contributed by atoms with E-state index in [1.807, 2.05) is 73.1 Å². The number of pyridine rings is 1. The maximum atomic E-state index is 4.89. The quantitative estimate of drug-likeness (QED) is 0.203. The predicted molar refractivity (Wildman–Crippen MR) is 151 cm³/mol. The van der Waals surface area contributed by atoms with Crippen molar-refractivity contribution in [1.29, 1.82) is 0 Å². The molecule has 0 saturated carbocycles. The molecule has 0 aliphatic carbocycles. The Bertz CT molecular complexity index is 1820. The normalized spacial score (nSPS) is 11.2. The van der Waals surface area contributed by atoms with Crippen molar-refractivity contribution in [2.75, 3.05) is 0 Å². The molecule has 0 saturated heterocycles. The van der Waals surface area contributed by atoms with Gasteiger partial charge in [0.1, 0.15) is 0 Å². The van der Waals surface area contributed by atoms with E-state index in [1.54, 1.807) is 0 Å². The number of hydrogen-bond acceptors (Lipinski definition) is 4. The fraction of sp³-hybridized carbons (Fsp3) is 0. The molecular weight excluding hydrogens is 568 g/mol. The molecule has 3 aromatic heterocycles. The number of fused-ring (bicyclic) bond motifs is 3. The summed E-state index contributed by atoms with van der Waals surface area (Å²) in [7, 11) is 0. The molecule has 0 amide bonds. The van der Waals surface area contributed by atoms with Gasteiger partial charge in [-0.05, 0) is 0 Å². The first-order valence-electron chi connectivity index (χ1n) is 12.1. The van der Waals surface area contributed by atoms with E-state index in [4.69, 9.17) is 15.0 Å². The van der Waals surface area contributed by atoms with E-state index >= 15 is 0 Å². The van der Waals surface area contributed by atoms with Gasteiger partial charge in [-0.1, -0.05) is 12.1 Å². The first kappa shape index (κ1) is 22.1. The van der Waals surface area contributed by atoms with Crippen LogP contribution in [-0.2, 0) is 0 Å². The molecule has 0 bridgehead atoms. The van der Waals surface area contributed by atoms with Crippen LogP contribution in [0.1, 0.15) is 0 Å². The summed E-state index contributed by atoms with van der Waals surface area (Å²) in [6.45, 7) is 0. The summed E-state index contributed by atoms with van der Waals surface area (Å²) in [5.74, 6) is 1.91. The Labute approximate surface area is 224 Å². The molecule has 7 aromatic rings. The SMILES string of the molecule is c1ccc(-c2nc(-c3ccccc3)nc(-c3cncc(-c4cccc5[te]c6ccccc6c45)c3)n2)cc1. The molecule has 0 atom stereocenters. The zero-order chi connectivity index (χ0) is 24.6. The third-order valence-electron chi connectivity index (χ3n) is 6.41. The van der Waals surface area contributed by atoms with Crippen molar-refractivity contribution < 1.29 is 0 Å². The third kappa shape index (κ3) is 4.13. The Morgan fingerprint density at radius 1 is 0.459 bits per heavy atom. The van der Waals surface area contributed by atoms with Gasteiger partial charge in [0, 0.05) is 0 Å². The fourth-order valence-corrected chi connectivity index (χ4v) is 7.89. The van der Waals surface area contributed by atoms with Crippen LogP contribution in [0, 0.1) is 0 Å². The summed E-state index contributed by atoms with van der Waals surface area (Å²) in [6, 6.07) is 37.7. The summed E-state index contributed by atoms with van der Waals surface area (Å²) < 4.78 is 2.98. The van der Waals surface area contributed by atoms with Gasteiger partial charge in [-0.3, -0.25) is 0 Å². The van der Waals surface area contributed by atoms with Crippen LogP contribution < -0.4 is 0 Å². The van der Waals surface area contributed by atoms with Crippen molar-refractivity contribution in [2.45, 2.75) is 0 Å². The summed E-state index contributed by atoms with van der Waals surface area (Å²) in [4.78, 5) is 19.2. The van der Waals surface area contributed by atoms with Gasteiger partial charge in [-0.2, -0.15) is 0 Å². The molecule has 0 aliphatic rings. The van der Waals surface area contributed by atoms with E-state index in [-0.39, 0.29) is 20.4 Å². The maximum absolute atomic E-state index is 4.89. The van der Waals surface area contributed by atoms with E-state index < -0.39 is 0 Å². The van der Waals surface area contributed by atoms with Gasteiger partial charge in [0.2, 0.25) is 0 Å². The molecule has 0 radical (unpaired) electrons. The average Bonchev–Trinajstić information content (AvgIpc) is 3.37. The Hall–Kier alpha value is -4.17. The number of benzene rings is 4. The first-order chi connectivity index (χ1) is 18.3. The van der Waals surface area contributed by atoms with E-state index in [0.717, 1.165) is 22.3 Å². The summed E-state index contributed by atoms with van der Waals surface area (Å²) in [5.41, 5.74) is 5.06. The van der Waals surface area contributed by atoms with Crippen LogP contribution in [0.2, 0.25) is 0 Å². The van der Waals surface area contributed by atoms with Gasteiger partial charge in [-0.25, -0.2) is 0 Å². The molecule has 7 rings (SSSR count). The summed E-state index contributed by atoms with van der Waals surface area (Å²) in [5, 5.41) is 2.71. The van der Waals surface area contributed by atoms with Crippen LogP contribution in [0.4, 0.5) is 0 Å². The molecule has 0 fully saturated rings. The van der Waals surface area contributed by atoms with Gasteiger partial charge < -0.3 is 0 Å². The second kappa shape index (κ2) is 9.37. The van der Waals surface area contributed by atoms with Crippen LogP contribution in [0.25, 0.3) is 62.9 Å². The predicted octanol–water partition coefficient (Wildman–Crippen LogP) is 7.30. The van der Waals surface area contributed by atoms with E-state index in [0.29, 0.717) is 17.5 Å². The monoisotopic (exact) mass is 590 g/mol. The number of nitrogens with zero attached hydrogens (tertiary/aromatic N) is 4.